The van der Waals surface area contributed by atoms with Crippen LogP contribution in [-0.2, 0) is 22.6 Å². The number of thioether (sulfide) groups is 1. The van der Waals surface area contributed by atoms with Gasteiger partial charge in [0, 0.05) is 45.9 Å². The smallest absolute Gasteiger partial charge is 0.243 e. The lowest BCUT2D eigenvalue weighted by atomic mass is 10.0. The van der Waals surface area contributed by atoms with Crippen molar-refractivity contribution in [1.29, 1.82) is 0 Å². The Bertz CT molecular complexity index is 1180. The summed E-state index contributed by atoms with van der Waals surface area (Å²) in [4.78, 5) is 29.9. The second-order valence-corrected chi connectivity index (χ2v) is 11.5. The van der Waals surface area contributed by atoms with Crippen LogP contribution in [0.5, 0.6) is 0 Å². The van der Waals surface area contributed by atoms with Crippen LogP contribution in [0, 0.1) is 0 Å². The summed E-state index contributed by atoms with van der Waals surface area (Å²) in [6.45, 7) is 2.87. The number of amides is 2. The molecule has 0 heterocycles. The molecule has 0 bridgehead atoms. The third-order valence-corrected chi connectivity index (χ3v) is 8.01. The number of rotatable bonds is 14. The van der Waals surface area contributed by atoms with E-state index in [1.165, 1.54) is 0 Å². The van der Waals surface area contributed by atoms with Gasteiger partial charge in [0.2, 0.25) is 11.8 Å². The van der Waals surface area contributed by atoms with Crippen molar-refractivity contribution < 1.29 is 9.59 Å². The first-order chi connectivity index (χ1) is 18.4. The molecule has 3 rings (SSSR count). The molecule has 0 saturated heterocycles. The van der Waals surface area contributed by atoms with E-state index in [-0.39, 0.29) is 18.4 Å². The van der Waals surface area contributed by atoms with E-state index in [1.54, 1.807) is 28.8 Å². The molecule has 0 unspecified atom stereocenters. The molecule has 202 valence electrons. The lowest BCUT2D eigenvalue weighted by Gasteiger charge is -2.32. The molecule has 0 radical (unpaired) electrons. The molecular weight excluding hydrogens is 559 g/mol. The number of unbranched alkanes of at least 4 members (excludes halogenated alkanes) is 1. The molecule has 0 aromatic heterocycles. The lowest BCUT2D eigenvalue weighted by Crippen LogP contribution is -2.50. The monoisotopic (exact) mass is 590 g/mol. The molecule has 3 aromatic rings. The minimum absolute atomic E-state index is 0.0840. The molecule has 0 aliphatic carbocycles. The van der Waals surface area contributed by atoms with Gasteiger partial charge in [0.15, 0.2) is 0 Å². The fraction of sp³-hybridized carbons (Fsp3) is 0.333. The largest absolute Gasteiger partial charge is 0.354 e. The predicted molar refractivity (Wildman–Crippen MR) is 160 cm³/mol. The Hall–Kier alpha value is -2.18. The van der Waals surface area contributed by atoms with E-state index in [1.807, 2.05) is 60.7 Å². The SMILES string of the molecule is CCCCNC(=O)[C@@H](Cc1ccccc1)N(Cc1ccc(Cl)cc1Cl)C(=O)CCCSc1ccc(Cl)cc1. The number of hydrogen-bond donors (Lipinski definition) is 1. The van der Waals surface area contributed by atoms with Crippen molar-refractivity contribution in [2.75, 3.05) is 12.3 Å². The summed E-state index contributed by atoms with van der Waals surface area (Å²) < 4.78 is 0. The molecule has 0 fully saturated rings. The first kappa shape index (κ1) is 30.4. The Kier molecular flexibility index (Phi) is 12.8. The Morgan fingerprint density at radius 1 is 0.921 bits per heavy atom. The van der Waals surface area contributed by atoms with Gasteiger partial charge in [0.25, 0.3) is 0 Å². The summed E-state index contributed by atoms with van der Waals surface area (Å²) in [5.74, 6) is 0.533. The molecule has 0 spiro atoms. The molecular formula is C30H33Cl3N2O2S. The fourth-order valence-electron chi connectivity index (χ4n) is 3.98. The number of nitrogens with one attached hydrogen (secondary N) is 1. The summed E-state index contributed by atoms with van der Waals surface area (Å²) >= 11 is 20.3. The van der Waals surface area contributed by atoms with Gasteiger partial charge in [-0.05, 0) is 66.1 Å². The third-order valence-electron chi connectivity index (χ3n) is 6.07. The molecule has 0 saturated carbocycles. The molecule has 0 aliphatic rings. The van der Waals surface area contributed by atoms with Crippen LogP contribution in [-0.4, -0.2) is 35.1 Å². The highest BCUT2D eigenvalue weighted by atomic mass is 35.5. The highest BCUT2D eigenvalue weighted by Crippen LogP contribution is 2.26. The zero-order valence-electron chi connectivity index (χ0n) is 21.5. The normalized spacial score (nSPS) is 11.7. The van der Waals surface area contributed by atoms with Crippen LogP contribution >= 0.6 is 46.6 Å². The van der Waals surface area contributed by atoms with E-state index in [0.717, 1.165) is 34.6 Å². The third kappa shape index (κ3) is 9.85. The number of benzene rings is 3. The van der Waals surface area contributed by atoms with Crippen LogP contribution in [0.4, 0.5) is 0 Å². The van der Waals surface area contributed by atoms with Gasteiger partial charge in [0.1, 0.15) is 6.04 Å². The lowest BCUT2D eigenvalue weighted by molar-refractivity contribution is -0.141. The van der Waals surface area contributed by atoms with Gasteiger partial charge in [0.05, 0.1) is 0 Å². The molecule has 4 nitrogen and oxygen atoms in total. The van der Waals surface area contributed by atoms with E-state index >= 15 is 0 Å². The fourth-order valence-corrected chi connectivity index (χ4v) is 5.43. The predicted octanol–water partition coefficient (Wildman–Crippen LogP) is 8.08. The van der Waals surface area contributed by atoms with Crippen molar-refractivity contribution >= 4 is 58.4 Å². The average molecular weight is 592 g/mol. The maximum atomic E-state index is 13.7. The van der Waals surface area contributed by atoms with Gasteiger partial charge in [-0.25, -0.2) is 0 Å². The average Bonchev–Trinajstić information content (AvgIpc) is 2.91. The quantitative estimate of drug-likeness (QED) is 0.152. The van der Waals surface area contributed by atoms with E-state index in [0.29, 0.717) is 40.9 Å². The molecule has 1 atom stereocenters. The first-order valence-corrected chi connectivity index (χ1v) is 14.9. The molecule has 0 aliphatic heterocycles. The first-order valence-electron chi connectivity index (χ1n) is 12.8. The number of carbonyl (C=O) groups is 2. The van der Waals surface area contributed by atoms with E-state index in [2.05, 4.69) is 12.2 Å². The van der Waals surface area contributed by atoms with Gasteiger partial charge in [-0.15, -0.1) is 11.8 Å². The van der Waals surface area contributed by atoms with Crippen LogP contribution in [0.1, 0.15) is 43.7 Å². The second-order valence-electron chi connectivity index (χ2n) is 9.01. The maximum Gasteiger partial charge on any atom is 0.243 e. The highest BCUT2D eigenvalue weighted by Gasteiger charge is 2.30. The zero-order valence-corrected chi connectivity index (χ0v) is 24.6. The van der Waals surface area contributed by atoms with Crippen molar-refractivity contribution in [3.8, 4) is 0 Å². The maximum absolute atomic E-state index is 13.7. The van der Waals surface area contributed by atoms with Crippen molar-refractivity contribution in [2.45, 2.75) is 56.5 Å². The van der Waals surface area contributed by atoms with Crippen LogP contribution in [0.15, 0.2) is 77.7 Å². The van der Waals surface area contributed by atoms with Gasteiger partial charge >= 0.3 is 0 Å². The number of hydrogen-bond acceptors (Lipinski definition) is 3. The minimum atomic E-state index is -0.669. The van der Waals surface area contributed by atoms with Crippen LogP contribution < -0.4 is 5.32 Å². The number of halogens is 3. The topological polar surface area (TPSA) is 49.4 Å². The minimum Gasteiger partial charge on any atom is -0.354 e. The molecule has 3 aromatic carbocycles. The number of carbonyl (C=O) groups excluding carboxylic acids is 2. The summed E-state index contributed by atoms with van der Waals surface area (Å²) in [6.07, 6.45) is 3.25. The van der Waals surface area contributed by atoms with Crippen LogP contribution in [0.25, 0.3) is 0 Å². The summed E-state index contributed by atoms with van der Waals surface area (Å²) in [5, 5.41) is 4.73. The zero-order chi connectivity index (χ0) is 27.3. The Balaban J connectivity index is 1.80. The van der Waals surface area contributed by atoms with Crippen molar-refractivity contribution in [3.05, 3.63) is 99.0 Å². The molecule has 1 N–H and O–H groups in total. The Labute approximate surface area is 245 Å². The van der Waals surface area contributed by atoms with E-state index in [4.69, 9.17) is 34.8 Å². The van der Waals surface area contributed by atoms with Crippen LogP contribution in [0.2, 0.25) is 15.1 Å². The van der Waals surface area contributed by atoms with Crippen molar-refractivity contribution in [1.82, 2.24) is 10.2 Å². The van der Waals surface area contributed by atoms with Gasteiger partial charge in [-0.1, -0.05) is 84.5 Å². The van der Waals surface area contributed by atoms with E-state index in [9.17, 15) is 9.59 Å². The van der Waals surface area contributed by atoms with Crippen LogP contribution in [0.3, 0.4) is 0 Å². The van der Waals surface area contributed by atoms with Crippen molar-refractivity contribution in [3.63, 3.8) is 0 Å². The summed E-state index contributed by atoms with van der Waals surface area (Å²) in [7, 11) is 0. The summed E-state index contributed by atoms with van der Waals surface area (Å²) in [6, 6.07) is 22.0. The molecule has 2 amide bonds. The van der Waals surface area contributed by atoms with Crippen molar-refractivity contribution in [2.24, 2.45) is 0 Å². The van der Waals surface area contributed by atoms with Gasteiger partial charge < -0.3 is 10.2 Å². The van der Waals surface area contributed by atoms with E-state index < -0.39 is 6.04 Å². The standard InChI is InChI=1S/C30H33Cl3N2O2S/c1-2-3-17-34-30(37)28(19-22-8-5-4-6-9-22)35(21-23-11-12-25(32)20-27(23)33)29(36)10-7-18-38-26-15-13-24(31)14-16-26/h4-6,8-9,11-16,20,28H,2-3,7,10,17-19,21H2,1H3,(H,34,37)/t28-/m1/s1. The van der Waals surface area contributed by atoms with Gasteiger partial charge in [-0.2, -0.15) is 0 Å². The Morgan fingerprint density at radius 3 is 2.32 bits per heavy atom. The molecule has 38 heavy (non-hydrogen) atoms. The number of nitrogens with zero attached hydrogens (tertiary/aromatic N) is 1. The second kappa shape index (κ2) is 16.0. The summed E-state index contributed by atoms with van der Waals surface area (Å²) in [5.41, 5.74) is 1.74. The van der Waals surface area contributed by atoms with Gasteiger partial charge in [-0.3, -0.25) is 9.59 Å². The highest BCUT2D eigenvalue weighted by molar-refractivity contribution is 7.99. The molecule has 8 heteroatoms. The Morgan fingerprint density at radius 2 is 1.63 bits per heavy atom.